The molecule has 1 aliphatic rings. The first-order valence-corrected chi connectivity index (χ1v) is 5.41. The first-order chi connectivity index (χ1) is 7.56. The van der Waals surface area contributed by atoms with E-state index in [0.717, 1.165) is 5.70 Å². The summed E-state index contributed by atoms with van der Waals surface area (Å²) in [4.78, 5) is 11.7. The molecule has 0 saturated heterocycles. The van der Waals surface area contributed by atoms with Crippen molar-refractivity contribution in [3.63, 3.8) is 0 Å². The zero-order valence-corrected chi connectivity index (χ0v) is 10.4. The number of carbonyl (C=O) groups excluding carboxylic acids is 1. The molecule has 0 aromatic rings. The van der Waals surface area contributed by atoms with Gasteiger partial charge in [0.05, 0.1) is 18.2 Å². The Kier molecular flexibility index (Phi) is 4.70. The van der Waals surface area contributed by atoms with Gasteiger partial charge < -0.3 is 20.1 Å². The summed E-state index contributed by atoms with van der Waals surface area (Å²) in [5, 5.41) is 6.39. The first-order valence-electron chi connectivity index (χ1n) is 5.00. The topological polar surface area (TPSA) is 59.6 Å². The second-order valence-corrected chi connectivity index (χ2v) is 3.90. The van der Waals surface area contributed by atoms with Crippen LogP contribution in [-0.2, 0) is 14.3 Å². The molecule has 0 amide bonds. The van der Waals surface area contributed by atoms with E-state index in [1.807, 2.05) is 6.92 Å². The van der Waals surface area contributed by atoms with Gasteiger partial charge in [0, 0.05) is 12.8 Å². The van der Waals surface area contributed by atoms with Crippen LogP contribution in [0.3, 0.4) is 0 Å². The third-order valence-electron chi connectivity index (χ3n) is 2.23. The predicted molar refractivity (Wildman–Crippen MR) is 63.9 cm³/mol. The fraction of sp³-hybridized carbons (Fsp3) is 0.600. The lowest BCUT2D eigenvalue weighted by atomic mass is 10.1. The molecule has 2 N–H and O–H groups in total. The molecule has 1 heterocycles. The predicted octanol–water partition coefficient (Wildman–Crippen LogP) is 0.316. The van der Waals surface area contributed by atoms with E-state index in [4.69, 9.17) is 21.7 Å². The number of ether oxygens (including phenoxy) is 2. The zero-order chi connectivity index (χ0) is 12.1. The Balaban J connectivity index is 2.66. The molecule has 0 aromatic heterocycles. The summed E-state index contributed by atoms with van der Waals surface area (Å²) in [6.45, 7) is 4.31. The van der Waals surface area contributed by atoms with E-state index in [-0.39, 0.29) is 18.6 Å². The van der Waals surface area contributed by atoms with Crippen LogP contribution in [0, 0.1) is 0 Å². The Bertz CT molecular complexity index is 328. The molecule has 1 rings (SSSR count). The van der Waals surface area contributed by atoms with Crippen LogP contribution in [0.2, 0.25) is 0 Å². The molecule has 1 aliphatic heterocycles. The average Bonchev–Trinajstić information content (AvgIpc) is 2.16. The molecule has 0 fully saturated rings. The number of hydrogen-bond acceptors (Lipinski definition) is 4. The molecule has 90 valence electrons. The molecule has 0 radical (unpaired) electrons. The maximum Gasteiger partial charge on any atom is 0.337 e. The van der Waals surface area contributed by atoms with Crippen molar-refractivity contribution in [2.75, 3.05) is 20.3 Å². The molecular formula is C10H16N2O3S. The van der Waals surface area contributed by atoms with Gasteiger partial charge in [-0.25, -0.2) is 4.79 Å². The molecule has 16 heavy (non-hydrogen) atoms. The van der Waals surface area contributed by atoms with E-state index in [9.17, 15) is 4.79 Å². The van der Waals surface area contributed by atoms with E-state index in [2.05, 4.69) is 10.6 Å². The lowest BCUT2D eigenvalue weighted by molar-refractivity contribution is -0.140. The second kappa shape index (κ2) is 5.81. The van der Waals surface area contributed by atoms with Crippen LogP contribution in [0.25, 0.3) is 0 Å². The molecule has 0 unspecified atom stereocenters. The van der Waals surface area contributed by atoms with Crippen LogP contribution >= 0.6 is 12.2 Å². The average molecular weight is 244 g/mol. The molecule has 1 atom stereocenters. The van der Waals surface area contributed by atoms with Crippen molar-refractivity contribution < 1.29 is 14.3 Å². The minimum atomic E-state index is -0.343. The summed E-state index contributed by atoms with van der Waals surface area (Å²) in [6.07, 6.45) is 0. The van der Waals surface area contributed by atoms with Gasteiger partial charge in [0.15, 0.2) is 5.11 Å². The number of allylic oxidation sites excluding steroid dienone is 1. The van der Waals surface area contributed by atoms with Crippen molar-refractivity contribution in [1.82, 2.24) is 10.6 Å². The van der Waals surface area contributed by atoms with Crippen LogP contribution in [0.1, 0.15) is 13.8 Å². The van der Waals surface area contributed by atoms with Gasteiger partial charge in [-0.2, -0.15) is 0 Å². The molecule has 5 nitrogen and oxygen atoms in total. The van der Waals surface area contributed by atoms with Crippen molar-refractivity contribution in [3.8, 4) is 0 Å². The largest absolute Gasteiger partial charge is 0.460 e. The molecule has 6 heteroatoms. The minimum Gasteiger partial charge on any atom is -0.460 e. The van der Waals surface area contributed by atoms with Crippen molar-refractivity contribution >= 4 is 23.3 Å². The number of rotatable bonds is 4. The lowest BCUT2D eigenvalue weighted by Crippen LogP contribution is -2.48. The van der Waals surface area contributed by atoms with E-state index in [1.165, 1.54) is 0 Å². The number of carbonyl (C=O) groups is 1. The Morgan fingerprint density at radius 2 is 2.19 bits per heavy atom. The van der Waals surface area contributed by atoms with E-state index >= 15 is 0 Å². The highest BCUT2D eigenvalue weighted by molar-refractivity contribution is 7.80. The minimum absolute atomic E-state index is 0.135. The highest BCUT2D eigenvalue weighted by Gasteiger charge is 2.26. The Hall–Kier alpha value is -1.14. The molecule has 0 aromatic carbocycles. The second-order valence-electron chi connectivity index (χ2n) is 3.49. The lowest BCUT2D eigenvalue weighted by Gasteiger charge is -2.26. The monoisotopic (exact) mass is 244 g/mol. The van der Waals surface area contributed by atoms with Gasteiger partial charge >= 0.3 is 5.97 Å². The summed E-state index contributed by atoms with van der Waals surface area (Å²) in [6, 6.07) is -0.135. The van der Waals surface area contributed by atoms with Crippen molar-refractivity contribution in [2.24, 2.45) is 0 Å². The number of esters is 1. The first kappa shape index (κ1) is 12.9. The number of thiocarbonyl (C=S) groups is 1. The Morgan fingerprint density at radius 3 is 2.75 bits per heavy atom. The summed E-state index contributed by atoms with van der Waals surface area (Å²) in [7, 11) is 1.56. The van der Waals surface area contributed by atoms with Crippen LogP contribution in [0.5, 0.6) is 0 Å². The maximum atomic E-state index is 11.7. The smallest absolute Gasteiger partial charge is 0.337 e. The van der Waals surface area contributed by atoms with Gasteiger partial charge in [-0.3, -0.25) is 0 Å². The fourth-order valence-electron chi connectivity index (χ4n) is 1.49. The molecular weight excluding hydrogens is 228 g/mol. The van der Waals surface area contributed by atoms with Gasteiger partial charge in [0.1, 0.15) is 6.61 Å². The quantitative estimate of drug-likeness (QED) is 0.422. The zero-order valence-electron chi connectivity index (χ0n) is 9.62. The molecule has 0 bridgehead atoms. The van der Waals surface area contributed by atoms with Gasteiger partial charge in [0.2, 0.25) is 0 Å². The van der Waals surface area contributed by atoms with Gasteiger partial charge in [-0.15, -0.1) is 0 Å². The van der Waals surface area contributed by atoms with Gasteiger partial charge in [-0.1, -0.05) is 0 Å². The fourth-order valence-corrected chi connectivity index (χ4v) is 1.82. The van der Waals surface area contributed by atoms with E-state index in [0.29, 0.717) is 17.3 Å². The summed E-state index contributed by atoms with van der Waals surface area (Å²) >= 11 is 4.98. The van der Waals surface area contributed by atoms with E-state index in [1.54, 1.807) is 14.0 Å². The Morgan fingerprint density at radius 1 is 1.50 bits per heavy atom. The van der Waals surface area contributed by atoms with Crippen molar-refractivity contribution in [3.05, 3.63) is 11.3 Å². The van der Waals surface area contributed by atoms with Crippen LogP contribution in [0.4, 0.5) is 0 Å². The summed E-state index contributed by atoms with van der Waals surface area (Å²) < 4.78 is 9.86. The highest BCUT2D eigenvalue weighted by Crippen LogP contribution is 2.13. The molecule has 0 aliphatic carbocycles. The highest BCUT2D eigenvalue weighted by atomic mass is 32.1. The summed E-state index contributed by atoms with van der Waals surface area (Å²) in [5.41, 5.74) is 1.31. The SMILES string of the molecule is COCCOC(=O)C1=C(C)NC(=S)N[C@H]1C. The van der Waals surface area contributed by atoms with Gasteiger partial charge in [-0.05, 0) is 26.1 Å². The number of methoxy groups -OCH3 is 1. The van der Waals surface area contributed by atoms with Gasteiger partial charge in [0.25, 0.3) is 0 Å². The number of nitrogens with one attached hydrogen (secondary N) is 2. The normalized spacial score (nSPS) is 20.2. The standard InChI is InChI=1S/C10H16N2O3S/c1-6-8(7(2)12-10(16)11-6)9(13)15-5-4-14-3/h6H,4-5H2,1-3H3,(H2,11,12,16)/t6-/m0/s1. The summed E-state index contributed by atoms with van der Waals surface area (Å²) in [5.74, 6) is -0.343. The third-order valence-corrected chi connectivity index (χ3v) is 2.45. The Labute approximate surface area is 100 Å². The third kappa shape index (κ3) is 3.18. The van der Waals surface area contributed by atoms with Crippen LogP contribution in [0.15, 0.2) is 11.3 Å². The number of hydrogen-bond donors (Lipinski definition) is 2. The van der Waals surface area contributed by atoms with Crippen molar-refractivity contribution in [2.45, 2.75) is 19.9 Å². The molecule has 0 spiro atoms. The van der Waals surface area contributed by atoms with E-state index < -0.39 is 0 Å². The molecule has 0 saturated carbocycles. The van der Waals surface area contributed by atoms with Crippen LogP contribution in [-0.4, -0.2) is 37.4 Å². The maximum absolute atomic E-state index is 11.7. The van der Waals surface area contributed by atoms with Crippen LogP contribution < -0.4 is 10.6 Å². The van der Waals surface area contributed by atoms with Crippen molar-refractivity contribution in [1.29, 1.82) is 0 Å².